The lowest BCUT2D eigenvalue weighted by Gasteiger charge is -2.03. The van der Waals surface area contributed by atoms with E-state index < -0.39 is 5.90 Å². The van der Waals surface area contributed by atoms with E-state index in [9.17, 15) is 5.11 Å². The van der Waals surface area contributed by atoms with Crippen LogP contribution in [0.2, 0.25) is 0 Å². The summed E-state index contributed by atoms with van der Waals surface area (Å²) < 4.78 is 4.18. The topological polar surface area (TPSA) is 55.7 Å². The standard InChI is InChI=1S/C14H15N3O.ClH/c15-13(18)10-16-9-12(11-5-2-1-3-6-11)17-8-4-7-14(16)17;/h1-3,5-6,9H,4,7-8,10H2,(H-,15,18);1H. The van der Waals surface area contributed by atoms with Gasteiger partial charge in [-0.1, -0.05) is 30.3 Å². The van der Waals surface area contributed by atoms with Crippen LogP contribution in [0.3, 0.4) is 0 Å². The molecule has 2 aromatic rings. The minimum Gasteiger partial charge on any atom is -0.859 e. The maximum atomic E-state index is 11.0. The number of aromatic nitrogens is 2. The van der Waals surface area contributed by atoms with E-state index in [1.54, 1.807) is 0 Å². The number of halogens is 1. The van der Waals surface area contributed by atoms with Crippen LogP contribution in [-0.2, 0) is 19.5 Å². The van der Waals surface area contributed by atoms with E-state index in [4.69, 9.17) is 5.41 Å². The van der Waals surface area contributed by atoms with Gasteiger partial charge < -0.3 is 10.5 Å². The second-order valence-corrected chi connectivity index (χ2v) is 4.60. The first-order valence-corrected chi connectivity index (χ1v) is 6.17. The van der Waals surface area contributed by atoms with Crippen LogP contribution in [0.25, 0.3) is 11.3 Å². The Morgan fingerprint density at radius 2 is 2.05 bits per heavy atom. The fourth-order valence-electron chi connectivity index (χ4n) is 2.64. The normalized spacial score (nSPS) is 12.8. The van der Waals surface area contributed by atoms with Crippen molar-refractivity contribution < 1.29 is 9.67 Å². The number of imidazole rings is 1. The summed E-state index contributed by atoms with van der Waals surface area (Å²) in [6.45, 7) is 1.15. The van der Waals surface area contributed by atoms with Crippen LogP contribution in [0.4, 0.5) is 0 Å². The first-order chi connectivity index (χ1) is 8.75. The predicted octanol–water partition coefficient (Wildman–Crippen LogP) is 1.15. The molecule has 2 heterocycles. The molecule has 1 aromatic heterocycles. The number of rotatable bonds is 3. The maximum absolute atomic E-state index is 11.0. The molecule has 1 N–H and O–H groups in total. The SMILES string of the molecule is Cl.N=C([O-])C[n+]1cc(-c2ccccc2)n2c1CCC2. The molecule has 100 valence electrons. The molecule has 0 unspecified atom stereocenters. The number of hydrogen-bond donors (Lipinski definition) is 1. The lowest BCUT2D eigenvalue weighted by Crippen LogP contribution is -2.43. The lowest BCUT2D eigenvalue weighted by atomic mass is 10.2. The van der Waals surface area contributed by atoms with Crippen LogP contribution in [0, 0.1) is 5.41 Å². The van der Waals surface area contributed by atoms with Gasteiger partial charge >= 0.3 is 0 Å². The van der Waals surface area contributed by atoms with Crippen molar-refractivity contribution in [2.24, 2.45) is 0 Å². The first kappa shape index (κ1) is 13.6. The highest BCUT2D eigenvalue weighted by atomic mass is 35.5. The summed E-state index contributed by atoms with van der Waals surface area (Å²) in [5.74, 6) is 0.620. The smallest absolute Gasteiger partial charge is 0.257 e. The number of benzene rings is 1. The molecule has 1 aromatic carbocycles. The molecule has 0 aliphatic carbocycles. The van der Waals surface area contributed by atoms with Crippen molar-refractivity contribution in [1.29, 1.82) is 5.41 Å². The Bertz CT molecular complexity index is 592. The molecule has 3 rings (SSSR count). The van der Waals surface area contributed by atoms with Crippen LogP contribution in [0.5, 0.6) is 0 Å². The summed E-state index contributed by atoms with van der Waals surface area (Å²) in [6, 6.07) is 10.2. The summed E-state index contributed by atoms with van der Waals surface area (Å²) in [5, 5.41) is 18.1. The Morgan fingerprint density at radius 3 is 2.74 bits per heavy atom. The summed E-state index contributed by atoms with van der Waals surface area (Å²) in [6.07, 6.45) is 4.10. The van der Waals surface area contributed by atoms with Crippen LogP contribution >= 0.6 is 12.4 Å². The molecule has 0 bridgehead atoms. The van der Waals surface area contributed by atoms with E-state index in [2.05, 4.69) is 16.7 Å². The molecule has 0 amide bonds. The Labute approximate surface area is 118 Å². The second-order valence-electron chi connectivity index (χ2n) is 4.60. The summed E-state index contributed by atoms with van der Waals surface area (Å²) in [7, 11) is 0. The fraction of sp³-hybridized carbons (Fsp3) is 0.286. The zero-order valence-corrected chi connectivity index (χ0v) is 11.3. The first-order valence-electron chi connectivity index (χ1n) is 6.17. The summed E-state index contributed by atoms with van der Waals surface area (Å²) in [5.41, 5.74) is 2.31. The zero-order valence-electron chi connectivity index (χ0n) is 10.5. The zero-order chi connectivity index (χ0) is 12.5. The number of nitrogens with zero attached hydrogens (tertiary/aromatic N) is 2. The quantitative estimate of drug-likeness (QED) is 0.511. The molecule has 0 spiro atoms. The number of fused-ring (bicyclic) bond motifs is 1. The monoisotopic (exact) mass is 277 g/mol. The van der Waals surface area contributed by atoms with E-state index in [0.717, 1.165) is 36.5 Å². The highest BCUT2D eigenvalue weighted by Gasteiger charge is 2.28. The van der Waals surface area contributed by atoms with Crippen molar-refractivity contribution >= 4 is 18.3 Å². The average Bonchev–Trinajstić information content (AvgIpc) is 2.93. The summed E-state index contributed by atoms with van der Waals surface area (Å²) in [4.78, 5) is 0. The minimum atomic E-state index is -0.542. The highest BCUT2D eigenvalue weighted by molar-refractivity contribution is 5.85. The minimum absolute atomic E-state index is 0. The Hall–Kier alpha value is -1.81. The maximum Gasteiger partial charge on any atom is 0.257 e. The highest BCUT2D eigenvalue weighted by Crippen LogP contribution is 2.24. The predicted molar refractivity (Wildman–Crippen MR) is 73.4 cm³/mol. The number of nitrogens with one attached hydrogen (secondary N) is 1. The van der Waals surface area contributed by atoms with Crippen molar-refractivity contribution in [2.45, 2.75) is 25.9 Å². The third kappa shape index (κ3) is 2.49. The van der Waals surface area contributed by atoms with Crippen LogP contribution in [0.1, 0.15) is 12.2 Å². The molecule has 0 saturated carbocycles. The van der Waals surface area contributed by atoms with Gasteiger partial charge in [-0.3, -0.25) is 0 Å². The third-order valence-corrected chi connectivity index (χ3v) is 3.38. The molecular formula is C14H16ClN3O. The van der Waals surface area contributed by atoms with Gasteiger partial charge in [0.05, 0.1) is 13.0 Å². The van der Waals surface area contributed by atoms with E-state index >= 15 is 0 Å². The molecule has 0 saturated heterocycles. The molecule has 1 aliphatic rings. The van der Waals surface area contributed by atoms with E-state index in [0.29, 0.717) is 0 Å². The third-order valence-electron chi connectivity index (χ3n) is 3.38. The van der Waals surface area contributed by atoms with Crippen LogP contribution in [-0.4, -0.2) is 10.5 Å². The van der Waals surface area contributed by atoms with E-state index in [1.165, 1.54) is 0 Å². The summed E-state index contributed by atoms with van der Waals surface area (Å²) >= 11 is 0. The molecule has 0 atom stereocenters. The van der Waals surface area contributed by atoms with Gasteiger partial charge in [-0.05, 0) is 12.3 Å². The van der Waals surface area contributed by atoms with Crippen LogP contribution < -0.4 is 9.67 Å². The van der Waals surface area contributed by atoms with Crippen LogP contribution in [0.15, 0.2) is 36.5 Å². The second kappa shape index (κ2) is 5.45. The van der Waals surface area contributed by atoms with Gasteiger partial charge in [0.2, 0.25) is 0 Å². The van der Waals surface area contributed by atoms with E-state index in [1.807, 2.05) is 29.0 Å². The van der Waals surface area contributed by atoms with Crippen molar-refractivity contribution in [3.05, 3.63) is 42.4 Å². The van der Waals surface area contributed by atoms with Gasteiger partial charge in [0.1, 0.15) is 12.7 Å². The lowest BCUT2D eigenvalue weighted by molar-refractivity contribution is -0.693. The molecule has 1 aliphatic heterocycles. The van der Waals surface area contributed by atoms with Gasteiger partial charge in [-0.25, -0.2) is 9.13 Å². The van der Waals surface area contributed by atoms with Gasteiger partial charge in [0.25, 0.3) is 5.82 Å². The Morgan fingerprint density at radius 1 is 1.32 bits per heavy atom. The van der Waals surface area contributed by atoms with Gasteiger partial charge in [0, 0.05) is 5.56 Å². The van der Waals surface area contributed by atoms with Crippen molar-refractivity contribution in [3.63, 3.8) is 0 Å². The van der Waals surface area contributed by atoms with Crippen molar-refractivity contribution in [3.8, 4) is 11.3 Å². The van der Waals surface area contributed by atoms with Crippen molar-refractivity contribution in [2.75, 3.05) is 0 Å². The molecule has 5 heteroatoms. The van der Waals surface area contributed by atoms with Crippen molar-refractivity contribution in [1.82, 2.24) is 4.57 Å². The molecule has 4 nitrogen and oxygen atoms in total. The molecular weight excluding hydrogens is 262 g/mol. The Kier molecular flexibility index (Phi) is 3.90. The van der Waals surface area contributed by atoms with Gasteiger partial charge in [-0.2, -0.15) is 0 Å². The average molecular weight is 278 g/mol. The molecule has 19 heavy (non-hydrogen) atoms. The molecule has 0 radical (unpaired) electrons. The molecule has 0 fully saturated rings. The number of hydrogen-bond acceptors (Lipinski definition) is 2. The Balaban J connectivity index is 0.00000133. The van der Waals surface area contributed by atoms with E-state index in [-0.39, 0.29) is 19.0 Å². The van der Waals surface area contributed by atoms with Gasteiger partial charge in [0.15, 0.2) is 5.69 Å². The van der Waals surface area contributed by atoms with Gasteiger partial charge in [-0.15, -0.1) is 12.4 Å². The fourth-order valence-corrected chi connectivity index (χ4v) is 2.64. The largest absolute Gasteiger partial charge is 0.859 e.